The van der Waals surface area contributed by atoms with E-state index in [1.54, 1.807) is 43.3 Å². The molecule has 3 aliphatic heterocycles. The highest BCUT2D eigenvalue weighted by Gasteiger charge is 2.62. The molecule has 322 valence electrons. The number of hydrogen-bond donors (Lipinski definition) is 6. The number of urea groups is 1. The van der Waals surface area contributed by atoms with Gasteiger partial charge in [0.25, 0.3) is 5.91 Å². The number of nitrogens with zero attached hydrogens (tertiary/aromatic N) is 2. The van der Waals surface area contributed by atoms with Crippen LogP contribution in [-0.2, 0) is 34.0 Å². The quantitative estimate of drug-likeness (QED) is 0.0497. The van der Waals surface area contributed by atoms with Gasteiger partial charge in [0.15, 0.2) is 0 Å². The predicted molar refractivity (Wildman–Crippen MR) is 221 cm³/mol. The Morgan fingerprint density at radius 3 is 2.65 bits per heavy atom. The number of nitrogens with one attached hydrogen (secondary N) is 6. The lowest BCUT2D eigenvalue weighted by atomic mass is 10.0. The van der Waals surface area contributed by atoms with Crippen molar-refractivity contribution in [3.63, 3.8) is 0 Å². The molecule has 5 aliphatic rings. The molecule has 2 aliphatic carbocycles. The number of methoxy groups -OCH3 is 1. The van der Waals surface area contributed by atoms with Crippen molar-refractivity contribution in [2.75, 3.05) is 26.0 Å². The number of likely N-dealkylation sites (tertiary alicyclic amines) is 1. The molecule has 60 heavy (non-hydrogen) atoms. The molecular formula is C40H50N8O10S2. The van der Waals surface area contributed by atoms with Crippen LogP contribution in [0.3, 0.4) is 0 Å². The minimum absolute atomic E-state index is 0.0349. The second-order valence-corrected chi connectivity index (χ2v) is 19.0. The number of aromatic nitrogens is 1. The number of rotatable bonds is 19. The molecule has 4 heterocycles. The average Bonchev–Trinajstić information content (AvgIpc) is 4.10. The summed E-state index contributed by atoms with van der Waals surface area (Å²) in [5.41, 5.74) is -1.62. The second-order valence-electron chi connectivity index (χ2n) is 15.8. The number of benzene rings is 1. The topological polar surface area (TPSA) is 243 Å². The number of carbonyl (C=O) groups excluding carboxylic acids is 6. The van der Waals surface area contributed by atoms with E-state index in [1.165, 1.54) is 11.0 Å². The van der Waals surface area contributed by atoms with Crippen molar-refractivity contribution in [1.82, 2.24) is 41.2 Å². The second kappa shape index (κ2) is 17.7. The van der Waals surface area contributed by atoms with Gasteiger partial charge in [-0.15, -0.1) is 6.58 Å². The summed E-state index contributed by atoms with van der Waals surface area (Å²) in [7, 11) is -2.40. The third-order valence-electron chi connectivity index (χ3n) is 11.7. The van der Waals surface area contributed by atoms with Crippen LogP contribution >= 0.6 is 11.8 Å². The van der Waals surface area contributed by atoms with E-state index in [0.717, 1.165) is 23.6 Å². The monoisotopic (exact) mass is 866 g/mol. The summed E-state index contributed by atoms with van der Waals surface area (Å²) in [6.45, 7) is 6.76. The minimum Gasteiger partial charge on any atom is -0.497 e. The molecule has 1 unspecified atom stereocenters. The number of unbranched alkanes of at least 4 members (excludes halogenated alkanes) is 1. The van der Waals surface area contributed by atoms with Crippen LogP contribution in [0.15, 0.2) is 55.8 Å². The highest BCUT2D eigenvalue weighted by molar-refractivity contribution is 8.00. The van der Waals surface area contributed by atoms with Crippen LogP contribution < -0.4 is 40.8 Å². The number of hydrogen-bond acceptors (Lipinski definition) is 12. The van der Waals surface area contributed by atoms with Gasteiger partial charge in [0.1, 0.15) is 29.5 Å². The Hall–Kier alpha value is -5.37. The Kier molecular flexibility index (Phi) is 12.6. The number of ether oxygens (including phenoxy) is 2. The summed E-state index contributed by atoms with van der Waals surface area (Å²) in [5.74, 6) is -2.26. The summed E-state index contributed by atoms with van der Waals surface area (Å²) in [4.78, 5) is 85.6. The lowest BCUT2D eigenvalue weighted by Gasteiger charge is -2.30. The van der Waals surface area contributed by atoms with E-state index in [-0.39, 0.29) is 61.6 Å². The largest absolute Gasteiger partial charge is 0.497 e. The van der Waals surface area contributed by atoms with Gasteiger partial charge in [-0.3, -0.25) is 28.7 Å². The van der Waals surface area contributed by atoms with Crippen LogP contribution in [0, 0.1) is 5.92 Å². The van der Waals surface area contributed by atoms with Gasteiger partial charge in [0.05, 0.1) is 31.0 Å². The first-order chi connectivity index (χ1) is 28.7. The summed E-state index contributed by atoms with van der Waals surface area (Å²) in [6.07, 6.45) is 6.20. The molecule has 1 aromatic carbocycles. The predicted octanol–water partition coefficient (Wildman–Crippen LogP) is 0.774. The van der Waals surface area contributed by atoms with E-state index in [2.05, 4.69) is 49.4 Å². The van der Waals surface area contributed by atoms with Crippen molar-refractivity contribution in [1.29, 1.82) is 0 Å². The molecule has 3 saturated heterocycles. The van der Waals surface area contributed by atoms with Crippen LogP contribution in [0.5, 0.6) is 11.6 Å². The molecule has 1 aromatic heterocycles. The fraction of sp³-hybridized carbons (Fsp3) is 0.525. The summed E-state index contributed by atoms with van der Waals surface area (Å²) in [5, 5.41) is 14.9. The Labute approximate surface area is 351 Å². The highest BCUT2D eigenvalue weighted by atomic mass is 32.2. The van der Waals surface area contributed by atoms with E-state index in [0.29, 0.717) is 36.8 Å². The number of thioether (sulfide) groups is 1. The first kappa shape index (κ1) is 42.7. The molecule has 7 rings (SSSR count). The van der Waals surface area contributed by atoms with Gasteiger partial charge in [-0.05, 0) is 67.8 Å². The van der Waals surface area contributed by atoms with Crippen LogP contribution in [0.25, 0.3) is 10.8 Å². The zero-order valence-corrected chi connectivity index (χ0v) is 34.8. The van der Waals surface area contributed by atoms with E-state index in [1.807, 2.05) is 6.07 Å². The first-order valence-corrected chi connectivity index (χ1v) is 22.6. The normalized spacial score (nSPS) is 27.1. The molecule has 18 nitrogen and oxygen atoms in total. The van der Waals surface area contributed by atoms with Gasteiger partial charge in [0.2, 0.25) is 39.5 Å². The van der Waals surface area contributed by atoms with E-state index >= 15 is 0 Å². The SMILES string of the molecule is C=CC(=O)NC[C@H](NC(=O)CCCCC1SC[C@H]2NC(=O)N[C@@H]12)C(=O)N1C[C@H](Oc2nccc3cc(OC)ccc23)C[C@H]1C(=O)N[C@]1(C(=O)NS(=O)(=O)C2CC2)C[C@H]1C=C. The van der Waals surface area contributed by atoms with Gasteiger partial charge in [0, 0.05) is 47.9 Å². The Bertz CT molecular complexity index is 2190. The van der Waals surface area contributed by atoms with Crippen molar-refractivity contribution >= 4 is 68.1 Å². The zero-order chi connectivity index (χ0) is 42.8. The molecule has 0 radical (unpaired) electrons. The molecule has 0 bridgehead atoms. The van der Waals surface area contributed by atoms with Gasteiger partial charge in [-0.25, -0.2) is 18.2 Å². The van der Waals surface area contributed by atoms with Gasteiger partial charge in [-0.1, -0.05) is 19.1 Å². The smallest absolute Gasteiger partial charge is 0.315 e. The maximum Gasteiger partial charge on any atom is 0.315 e. The van der Waals surface area contributed by atoms with Gasteiger partial charge >= 0.3 is 6.03 Å². The maximum atomic E-state index is 14.6. The van der Waals surface area contributed by atoms with Crippen molar-refractivity contribution in [2.24, 2.45) is 5.92 Å². The molecule has 0 spiro atoms. The number of carbonyl (C=O) groups is 6. The first-order valence-electron chi connectivity index (χ1n) is 20.0. The average molecular weight is 867 g/mol. The summed E-state index contributed by atoms with van der Waals surface area (Å²) < 4.78 is 39.4. The molecule has 20 heteroatoms. The molecule has 8 atom stereocenters. The molecular weight excluding hydrogens is 817 g/mol. The molecule has 2 saturated carbocycles. The Morgan fingerprint density at radius 2 is 1.93 bits per heavy atom. The fourth-order valence-corrected chi connectivity index (χ4v) is 11.0. The fourth-order valence-electron chi connectivity index (χ4n) is 8.12. The lowest BCUT2D eigenvalue weighted by molar-refractivity contribution is -0.142. The molecule has 6 N–H and O–H groups in total. The van der Waals surface area contributed by atoms with Crippen molar-refractivity contribution < 1.29 is 46.7 Å². The van der Waals surface area contributed by atoms with E-state index in [9.17, 15) is 37.2 Å². The van der Waals surface area contributed by atoms with Crippen LogP contribution in [0.4, 0.5) is 4.79 Å². The summed E-state index contributed by atoms with van der Waals surface area (Å²) in [6, 6.07) is 4.50. The third kappa shape index (κ3) is 9.33. The molecule has 2 aromatic rings. The van der Waals surface area contributed by atoms with Crippen molar-refractivity contribution in [2.45, 2.75) is 97.7 Å². The van der Waals surface area contributed by atoms with Gasteiger partial charge in [-0.2, -0.15) is 11.8 Å². The van der Waals surface area contributed by atoms with Crippen molar-refractivity contribution in [3.05, 3.63) is 55.8 Å². The number of fused-ring (bicyclic) bond motifs is 2. The van der Waals surface area contributed by atoms with Crippen molar-refractivity contribution in [3.8, 4) is 11.6 Å². The zero-order valence-electron chi connectivity index (χ0n) is 33.1. The highest BCUT2D eigenvalue weighted by Crippen LogP contribution is 2.45. The number of sulfonamides is 1. The lowest BCUT2D eigenvalue weighted by Crippen LogP contribution is -2.59. The van der Waals surface area contributed by atoms with E-state index < -0.39 is 74.5 Å². The van der Waals surface area contributed by atoms with Gasteiger partial charge < -0.3 is 41.0 Å². The molecule has 5 fully saturated rings. The maximum absolute atomic E-state index is 14.6. The standard InChI is InChI=1S/C40H50N8O10S2/c1-4-23-18-40(23,38(53)47-60(55,56)26-11-12-26)46-35(51)30-17-25(58-36-27-13-10-24(57-3)16-22(27)14-15-41-36)20-48(30)37(52)28(19-42-32(49)5-2)43-33(50)9-7-6-8-31-34-29(21-59-31)44-39(54)45-34/h4-5,10,13-16,23,25-26,28-31,34H,1-2,6-9,11-12,17-21H2,3H3,(H,42,49)(H,43,50)(H,46,51)(H,47,53)(H2,44,45,54)/t23-,25-,28+,29-,30+,31?,34-,40-/m1/s1. The Morgan fingerprint density at radius 1 is 1.13 bits per heavy atom. The number of pyridine rings is 1. The van der Waals surface area contributed by atoms with Crippen LogP contribution in [0.2, 0.25) is 0 Å². The Balaban J connectivity index is 1.08. The van der Waals surface area contributed by atoms with Crippen LogP contribution in [0.1, 0.15) is 51.4 Å². The summed E-state index contributed by atoms with van der Waals surface area (Å²) >= 11 is 1.77. The van der Waals surface area contributed by atoms with E-state index in [4.69, 9.17) is 9.47 Å². The minimum atomic E-state index is -3.95. The number of amides is 7. The van der Waals surface area contributed by atoms with Crippen LogP contribution in [-0.4, -0.2) is 126 Å². The third-order valence-corrected chi connectivity index (χ3v) is 15.0. The molecule has 7 amide bonds.